The van der Waals surface area contributed by atoms with E-state index < -0.39 is 0 Å². The average molecular weight is 377 g/mol. The summed E-state index contributed by atoms with van der Waals surface area (Å²) in [6.45, 7) is 5.21. The summed E-state index contributed by atoms with van der Waals surface area (Å²) in [5, 5.41) is 11.3. The van der Waals surface area contributed by atoms with Gasteiger partial charge in [-0.1, -0.05) is 22.4 Å². The van der Waals surface area contributed by atoms with E-state index in [1.807, 2.05) is 55.3 Å². The molecule has 28 heavy (non-hydrogen) atoms. The Hall–Kier alpha value is -3.22. The standard InChI is InChI=1S/C21H23N5O2/c1-14-17(7-3-8-18(14)23-13-16-6-4-10-22-12-16)21(27)26-11-5-9-19(26)20-15(2)24-28-25-20/h3-4,6-8,10,12,19,23H,5,9,11,13H2,1-2H3/t19-/m1/s1. The van der Waals surface area contributed by atoms with Crippen LogP contribution in [-0.2, 0) is 6.54 Å². The van der Waals surface area contributed by atoms with E-state index in [1.54, 1.807) is 6.20 Å². The van der Waals surface area contributed by atoms with Crippen molar-refractivity contribution >= 4 is 11.6 Å². The van der Waals surface area contributed by atoms with Gasteiger partial charge in [-0.3, -0.25) is 9.78 Å². The maximum atomic E-state index is 13.3. The van der Waals surface area contributed by atoms with Crippen molar-refractivity contribution in [3.05, 3.63) is 70.8 Å². The van der Waals surface area contributed by atoms with Crippen molar-refractivity contribution in [1.82, 2.24) is 20.2 Å². The summed E-state index contributed by atoms with van der Waals surface area (Å²) in [4.78, 5) is 19.3. The van der Waals surface area contributed by atoms with Gasteiger partial charge in [0, 0.05) is 36.7 Å². The van der Waals surface area contributed by atoms with Crippen LogP contribution in [0, 0.1) is 13.8 Å². The topological polar surface area (TPSA) is 84.2 Å². The first-order chi connectivity index (χ1) is 13.6. The molecule has 7 heteroatoms. The van der Waals surface area contributed by atoms with Crippen LogP contribution < -0.4 is 5.32 Å². The molecule has 3 heterocycles. The molecule has 3 aromatic rings. The number of anilines is 1. The Bertz CT molecular complexity index is 970. The lowest BCUT2D eigenvalue weighted by molar-refractivity contribution is 0.0729. The summed E-state index contributed by atoms with van der Waals surface area (Å²) in [5.41, 5.74) is 5.19. The quantitative estimate of drug-likeness (QED) is 0.730. The number of hydrogen-bond acceptors (Lipinski definition) is 6. The number of aromatic nitrogens is 3. The van der Waals surface area contributed by atoms with Gasteiger partial charge in [0.05, 0.1) is 6.04 Å². The second kappa shape index (κ2) is 7.80. The van der Waals surface area contributed by atoms with Gasteiger partial charge in [0.25, 0.3) is 5.91 Å². The minimum atomic E-state index is -0.0786. The fourth-order valence-corrected chi connectivity index (χ4v) is 3.75. The molecule has 0 radical (unpaired) electrons. The summed E-state index contributed by atoms with van der Waals surface area (Å²) in [6.07, 6.45) is 5.41. The van der Waals surface area contributed by atoms with Crippen LogP contribution in [0.5, 0.6) is 0 Å². The van der Waals surface area contributed by atoms with Crippen LogP contribution >= 0.6 is 0 Å². The number of aryl methyl sites for hydroxylation is 1. The number of rotatable bonds is 5. The fraction of sp³-hybridized carbons (Fsp3) is 0.333. The third-order valence-corrected chi connectivity index (χ3v) is 5.29. The number of carbonyl (C=O) groups excluding carboxylic acids is 1. The highest BCUT2D eigenvalue weighted by Gasteiger charge is 2.34. The van der Waals surface area contributed by atoms with E-state index in [0.717, 1.165) is 41.0 Å². The third-order valence-electron chi connectivity index (χ3n) is 5.29. The van der Waals surface area contributed by atoms with Gasteiger partial charge in [-0.15, -0.1) is 0 Å². The van der Waals surface area contributed by atoms with Crippen LogP contribution in [0.15, 0.2) is 47.4 Å². The van der Waals surface area contributed by atoms with Gasteiger partial charge in [-0.25, -0.2) is 4.63 Å². The molecule has 1 saturated heterocycles. The number of nitrogens with zero attached hydrogens (tertiary/aromatic N) is 4. The molecular weight excluding hydrogens is 354 g/mol. The van der Waals surface area contributed by atoms with Crippen molar-refractivity contribution in [3.8, 4) is 0 Å². The lowest BCUT2D eigenvalue weighted by atomic mass is 10.0. The van der Waals surface area contributed by atoms with Gasteiger partial charge in [0.15, 0.2) is 0 Å². The van der Waals surface area contributed by atoms with Crippen molar-refractivity contribution in [1.29, 1.82) is 0 Å². The van der Waals surface area contributed by atoms with Crippen molar-refractivity contribution < 1.29 is 9.42 Å². The van der Waals surface area contributed by atoms with Gasteiger partial charge >= 0.3 is 0 Å². The molecule has 7 nitrogen and oxygen atoms in total. The van der Waals surface area contributed by atoms with E-state index in [4.69, 9.17) is 4.63 Å². The number of pyridine rings is 1. The largest absolute Gasteiger partial charge is 0.381 e. The number of amides is 1. The van der Waals surface area contributed by atoms with E-state index in [2.05, 4.69) is 20.6 Å². The lowest BCUT2D eigenvalue weighted by Gasteiger charge is -2.24. The maximum absolute atomic E-state index is 13.3. The van der Waals surface area contributed by atoms with Gasteiger partial charge in [-0.2, -0.15) is 0 Å². The molecule has 0 unspecified atom stereocenters. The zero-order valence-corrected chi connectivity index (χ0v) is 16.1. The zero-order valence-electron chi connectivity index (χ0n) is 16.1. The van der Waals surface area contributed by atoms with Gasteiger partial charge in [-0.05, 0) is 56.0 Å². The predicted octanol–water partition coefficient (Wildman–Crippen LogP) is 3.67. The molecule has 0 aliphatic carbocycles. The fourth-order valence-electron chi connectivity index (χ4n) is 3.75. The SMILES string of the molecule is Cc1nonc1[C@H]1CCCN1C(=O)c1cccc(NCc2cccnc2)c1C. The second-order valence-corrected chi connectivity index (χ2v) is 7.08. The Labute approximate surface area is 163 Å². The monoisotopic (exact) mass is 377 g/mol. The maximum Gasteiger partial charge on any atom is 0.254 e. The van der Waals surface area contributed by atoms with Crippen LogP contribution in [0.3, 0.4) is 0 Å². The minimum absolute atomic E-state index is 0.0208. The normalized spacial score (nSPS) is 16.4. The van der Waals surface area contributed by atoms with Crippen molar-refractivity contribution in [3.63, 3.8) is 0 Å². The second-order valence-electron chi connectivity index (χ2n) is 7.08. The molecule has 1 aliphatic rings. The first kappa shape index (κ1) is 18.2. The van der Waals surface area contributed by atoms with E-state index in [9.17, 15) is 4.79 Å². The molecule has 1 amide bonds. The molecule has 1 aromatic carbocycles. The molecule has 0 bridgehead atoms. The molecule has 1 atom stereocenters. The van der Waals surface area contributed by atoms with Gasteiger partial charge in [0.1, 0.15) is 11.4 Å². The Morgan fingerprint density at radius 3 is 2.89 bits per heavy atom. The summed E-state index contributed by atoms with van der Waals surface area (Å²) in [6, 6.07) is 9.65. The van der Waals surface area contributed by atoms with Gasteiger partial charge < -0.3 is 10.2 Å². The lowest BCUT2D eigenvalue weighted by Crippen LogP contribution is -2.31. The third kappa shape index (κ3) is 3.47. The minimum Gasteiger partial charge on any atom is -0.381 e. The van der Waals surface area contributed by atoms with E-state index in [1.165, 1.54) is 0 Å². The van der Waals surface area contributed by atoms with Crippen LogP contribution in [-0.4, -0.2) is 32.6 Å². The summed E-state index contributed by atoms with van der Waals surface area (Å²) >= 11 is 0. The Morgan fingerprint density at radius 1 is 1.25 bits per heavy atom. The Morgan fingerprint density at radius 2 is 2.14 bits per heavy atom. The predicted molar refractivity (Wildman–Crippen MR) is 105 cm³/mol. The first-order valence-electron chi connectivity index (χ1n) is 9.47. The number of carbonyl (C=O) groups is 1. The first-order valence-corrected chi connectivity index (χ1v) is 9.47. The molecule has 144 valence electrons. The van der Waals surface area contributed by atoms with Crippen LogP contribution in [0.1, 0.15) is 51.8 Å². The molecule has 2 aromatic heterocycles. The Balaban J connectivity index is 1.55. The van der Waals surface area contributed by atoms with Gasteiger partial charge in [0.2, 0.25) is 0 Å². The van der Waals surface area contributed by atoms with Crippen molar-refractivity contribution in [2.45, 2.75) is 39.3 Å². The van der Waals surface area contributed by atoms with E-state index in [-0.39, 0.29) is 11.9 Å². The van der Waals surface area contributed by atoms with Crippen molar-refractivity contribution in [2.24, 2.45) is 0 Å². The summed E-state index contributed by atoms with van der Waals surface area (Å²) in [5.74, 6) is 0.0208. The average Bonchev–Trinajstić information content (AvgIpc) is 3.36. The molecular formula is C21H23N5O2. The Kier molecular flexibility index (Phi) is 5.06. The molecule has 0 saturated carbocycles. The zero-order chi connectivity index (χ0) is 19.5. The highest BCUT2D eigenvalue weighted by molar-refractivity contribution is 5.97. The molecule has 1 aliphatic heterocycles. The molecule has 1 N–H and O–H groups in total. The van der Waals surface area contributed by atoms with Crippen LogP contribution in [0.4, 0.5) is 5.69 Å². The molecule has 4 rings (SSSR count). The number of hydrogen-bond donors (Lipinski definition) is 1. The molecule has 1 fully saturated rings. The van der Waals surface area contributed by atoms with Crippen LogP contribution in [0.25, 0.3) is 0 Å². The summed E-state index contributed by atoms with van der Waals surface area (Å²) in [7, 11) is 0. The number of benzene rings is 1. The van der Waals surface area contributed by atoms with Crippen LogP contribution in [0.2, 0.25) is 0 Å². The smallest absolute Gasteiger partial charge is 0.254 e. The van der Waals surface area contributed by atoms with E-state index >= 15 is 0 Å². The van der Waals surface area contributed by atoms with E-state index in [0.29, 0.717) is 18.7 Å². The number of nitrogens with one attached hydrogen (secondary N) is 1. The summed E-state index contributed by atoms with van der Waals surface area (Å²) < 4.78 is 4.86. The number of likely N-dealkylation sites (tertiary alicyclic amines) is 1. The highest BCUT2D eigenvalue weighted by Crippen LogP contribution is 2.34. The highest BCUT2D eigenvalue weighted by atomic mass is 16.6. The van der Waals surface area contributed by atoms with Crippen molar-refractivity contribution in [2.75, 3.05) is 11.9 Å². The molecule has 0 spiro atoms.